The van der Waals surface area contributed by atoms with Crippen molar-refractivity contribution in [3.05, 3.63) is 42.2 Å². The van der Waals surface area contributed by atoms with E-state index in [0.29, 0.717) is 11.8 Å². The number of carbonyl (C=O) groups is 1. The van der Waals surface area contributed by atoms with Crippen LogP contribution in [0.15, 0.2) is 36.5 Å². The summed E-state index contributed by atoms with van der Waals surface area (Å²) >= 11 is 0. The normalized spacial score (nSPS) is 26.7. The van der Waals surface area contributed by atoms with Gasteiger partial charge < -0.3 is 10.6 Å². The highest BCUT2D eigenvalue weighted by atomic mass is 16.2. The first-order chi connectivity index (χ1) is 10.6. The Morgan fingerprint density at radius 2 is 1.95 bits per heavy atom. The van der Waals surface area contributed by atoms with Crippen LogP contribution >= 0.6 is 0 Å². The van der Waals surface area contributed by atoms with E-state index in [2.05, 4.69) is 27.8 Å². The number of nitrogens with one attached hydrogen (secondary N) is 2. The molecule has 1 aliphatic heterocycles. The van der Waals surface area contributed by atoms with E-state index in [0.717, 1.165) is 29.6 Å². The molecule has 0 bridgehead atoms. The first kappa shape index (κ1) is 13.7. The molecule has 1 unspecified atom stereocenters. The quantitative estimate of drug-likeness (QED) is 0.911. The summed E-state index contributed by atoms with van der Waals surface area (Å²) in [5, 5.41) is 8.82. The van der Waals surface area contributed by atoms with Crippen molar-refractivity contribution in [1.82, 2.24) is 15.6 Å². The Labute approximate surface area is 130 Å². The van der Waals surface area contributed by atoms with Crippen molar-refractivity contribution in [3.8, 4) is 0 Å². The summed E-state index contributed by atoms with van der Waals surface area (Å²) in [5.74, 6) is 1.44. The van der Waals surface area contributed by atoms with E-state index in [1.165, 1.54) is 0 Å². The molecule has 2 aliphatic rings. The zero-order valence-electron chi connectivity index (χ0n) is 13.0. The molecule has 0 radical (unpaired) electrons. The van der Waals surface area contributed by atoms with Gasteiger partial charge in [-0.05, 0) is 50.2 Å². The lowest BCUT2D eigenvalue weighted by Crippen LogP contribution is -2.43. The fourth-order valence-electron chi connectivity index (χ4n) is 3.88. The molecule has 1 saturated heterocycles. The minimum Gasteiger partial charge on any atom is -0.345 e. The summed E-state index contributed by atoms with van der Waals surface area (Å²) in [4.78, 5) is 17.1. The maximum Gasteiger partial charge on any atom is 0.224 e. The van der Waals surface area contributed by atoms with Crippen molar-refractivity contribution in [2.45, 2.75) is 19.4 Å². The predicted octanol–water partition coefficient (Wildman–Crippen LogP) is 2.05. The predicted molar refractivity (Wildman–Crippen MR) is 86.3 cm³/mol. The van der Waals surface area contributed by atoms with Crippen LogP contribution in [-0.4, -0.2) is 24.0 Å². The van der Waals surface area contributed by atoms with Crippen molar-refractivity contribution in [2.75, 3.05) is 13.1 Å². The zero-order chi connectivity index (χ0) is 15.3. The molecule has 114 valence electrons. The molecule has 4 heteroatoms. The standard InChI is InChI=1S/C18H21N3O/c1-18(2,21-17(22)15-13-9-19-10-14(13)15)16-12-6-4-3-5-11(12)7-8-20-16/h3-8,13-15,19H,9-10H2,1-2H3,(H,21,22)/t13-,14+,15?. The molecule has 3 atom stereocenters. The maximum absolute atomic E-state index is 12.6. The zero-order valence-corrected chi connectivity index (χ0v) is 13.0. The third-order valence-corrected chi connectivity index (χ3v) is 5.10. The minimum absolute atomic E-state index is 0.177. The highest BCUT2D eigenvalue weighted by Gasteiger charge is 2.57. The van der Waals surface area contributed by atoms with Gasteiger partial charge in [-0.2, -0.15) is 0 Å². The number of carbonyl (C=O) groups excluding carboxylic acids is 1. The molecule has 2 N–H and O–H groups in total. The average Bonchev–Trinajstić information content (AvgIpc) is 3.00. The highest BCUT2D eigenvalue weighted by molar-refractivity contribution is 5.87. The Hall–Kier alpha value is -1.94. The third-order valence-electron chi connectivity index (χ3n) is 5.10. The number of aromatic nitrogens is 1. The molecule has 4 nitrogen and oxygen atoms in total. The van der Waals surface area contributed by atoms with Crippen molar-refractivity contribution >= 4 is 16.7 Å². The first-order valence-electron chi connectivity index (χ1n) is 7.95. The van der Waals surface area contributed by atoms with Gasteiger partial charge in [-0.1, -0.05) is 24.3 Å². The number of piperidine rings is 1. The van der Waals surface area contributed by atoms with Gasteiger partial charge in [-0.3, -0.25) is 9.78 Å². The summed E-state index contributed by atoms with van der Waals surface area (Å²) in [7, 11) is 0. The smallest absolute Gasteiger partial charge is 0.224 e. The van der Waals surface area contributed by atoms with E-state index in [9.17, 15) is 4.79 Å². The lowest BCUT2D eigenvalue weighted by molar-refractivity contribution is -0.124. The van der Waals surface area contributed by atoms with Crippen LogP contribution < -0.4 is 10.6 Å². The molecule has 0 spiro atoms. The molecule has 22 heavy (non-hydrogen) atoms. The van der Waals surface area contributed by atoms with E-state index in [1.54, 1.807) is 0 Å². The molecular formula is C18H21N3O. The van der Waals surface area contributed by atoms with Crippen molar-refractivity contribution in [1.29, 1.82) is 0 Å². The number of pyridine rings is 1. The van der Waals surface area contributed by atoms with Crippen LogP contribution in [0, 0.1) is 17.8 Å². The number of nitrogens with zero attached hydrogens (tertiary/aromatic N) is 1. The number of rotatable bonds is 3. The summed E-state index contributed by atoms with van der Waals surface area (Å²) < 4.78 is 0. The molecule has 4 rings (SSSR count). The lowest BCUT2D eigenvalue weighted by Gasteiger charge is -2.27. The monoisotopic (exact) mass is 295 g/mol. The molecule has 1 amide bonds. The molecule has 1 aromatic carbocycles. The van der Waals surface area contributed by atoms with Crippen LogP contribution in [0.4, 0.5) is 0 Å². The van der Waals surface area contributed by atoms with Gasteiger partial charge in [-0.25, -0.2) is 0 Å². The largest absolute Gasteiger partial charge is 0.345 e. The van der Waals surface area contributed by atoms with Crippen LogP contribution in [0.3, 0.4) is 0 Å². The van der Waals surface area contributed by atoms with Crippen molar-refractivity contribution in [2.24, 2.45) is 17.8 Å². The number of benzene rings is 1. The van der Waals surface area contributed by atoms with Gasteiger partial charge >= 0.3 is 0 Å². The maximum atomic E-state index is 12.6. The van der Waals surface area contributed by atoms with Gasteiger partial charge in [0.25, 0.3) is 0 Å². The van der Waals surface area contributed by atoms with Crippen LogP contribution in [0.2, 0.25) is 0 Å². The SMILES string of the molecule is CC(C)(NC(=O)C1[C@H]2CNC[C@@H]12)c1nccc2ccccc12. The van der Waals surface area contributed by atoms with Crippen LogP contribution in [0.5, 0.6) is 0 Å². The Balaban J connectivity index is 1.61. The number of fused-ring (bicyclic) bond motifs is 2. The summed E-state index contributed by atoms with van der Waals surface area (Å²) in [6, 6.07) is 10.2. The molecule has 1 aliphatic carbocycles. The van der Waals surface area contributed by atoms with Gasteiger partial charge in [0.15, 0.2) is 0 Å². The first-order valence-corrected chi connectivity index (χ1v) is 7.95. The fraction of sp³-hybridized carbons (Fsp3) is 0.444. The van der Waals surface area contributed by atoms with Gasteiger partial charge in [-0.15, -0.1) is 0 Å². The summed E-state index contributed by atoms with van der Waals surface area (Å²) in [6.07, 6.45) is 1.82. The minimum atomic E-state index is -0.470. The Morgan fingerprint density at radius 1 is 1.23 bits per heavy atom. The third kappa shape index (κ3) is 2.10. The lowest BCUT2D eigenvalue weighted by atomic mass is 9.94. The van der Waals surface area contributed by atoms with Crippen LogP contribution in [0.25, 0.3) is 10.8 Å². The van der Waals surface area contributed by atoms with Gasteiger partial charge in [0.1, 0.15) is 0 Å². The Kier molecular flexibility index (Phi) is 2.98. The van der Waals surface area contributed by atoms with E-state index in [1.807, 2.05) is 38.2 Å². The number of amides is 1. The van der Waals surface area contributed by atoms with Crippen molar-refractivity contribution in [3.63, 3.8) is 0 Å². The van der Waals surface area contributed by atoms with E-state index in [4.69, 9.17) is 0 Å². The Morgan fingerprint density at radius 3 is 2.73 bits per heavy atom. The Bertz CT molecular complexity index is 725. The molecular weight excluding hydrogens is 274 g/mol. The highest BCUT2D eigenvalue weighted by Crippen LogP contribution is 2.49. The van der Waals surface area contributed by atoms with E-state index >= 15 is 0 Å². The second kappa shape index (κ2) is 4.78. The van der Waals surface area contributed by atoms with Gasteiger partial charge in [0, 0.05) is 17.5 Å². The van der Waals surface area contributed by atoms with Gasteiger partial charge in [0.05, 0.1) is 11.2 Å². The van der Waals surface area contributed by atoms with Crippen molar-refractivity contribution < 1.29 is 4.79 Å². The topological polar surface area (TPSA) is 54.0 Å². The van der Waals surface area contributed by atoms with Crippen LogP contribution in [-0.2, 0) is 10.3 Å². The molecule has 1 aromatic heterocycles. The summed E-state index contributed by atoms with van der Waals surface area (Å²) in [5.41, 5.74) is 0.463. The molecule has 2 aromatic rings. The fourth-order valence-corrected chi connectivity index (χ4v) is 3.88. The van der Waals surface area contributed by atoms with E-state index < -0.39 is 5.54 Å². The molecule has 2 fully saturated rings. The second-order valence-corrected chi connectivity index (χ2v) is 7.01. The molecule has 2 heterocycles. The van der Waals surface area contributed by atoms with E-state index in [-0.39, 0.29) is 11.8 Å². The summed E-state index contributed by atoms with van der Waals surface area (Å²) in [6.45, 7) is 6.04. The molecule has 1 saturated carbocycles. The number of hydrogen-bond donors (Lipinski definition) is 2. The van der Waals surface area contributed by atoms with Gasteiger partial charge in [0.2, 0.25) is 5.91 Å². The number of hydrogen-bond acceptors (Lipinski definition) is 3. The average molecular weight is 295 g/mol. The van der Waals surface area contributed by atoms with Crippen LogP contribution in [0.1, 0.15) is 19.5 Å². The second-order valence-electron chi connectivity index (χ2n) is 7.01.